The van der Waals surface area contributed by atoms with E-state index in [0.29, 0.717) is 6.04 Å². The van der Waals surface area contributed by atoms with Crippen molar-refractivity contribution in [1.29, 1.82) is 0 Å². The van der Waals surface area contributed by atoms with Gasteiger partial charge in [0.25, 0.3) is 5.69 Å². The Kier molecular flexibility index (Phi) is 3.48. The third kappa shape index (κ3) is 2.62. The summed E-state index contributed by atoms with van der Waals surface area (Å²) < 4.78 is 0. The summed E-state index contributed by atoms with van der Waals surface area (Å²) in [7, 11) is 0. The number of benzene rings is 1. The molecule has 2 unspecified atom stereocenters. The van der Waals surface area contributed by atoms with Crippen LogP contribution in [0.25, 0.3) is 0 Å². The standard InChI is InChI=1S/C14H19N3O2/c18-17(19)13-5-1-3-11(7-13)10-16-6-2-4-12-8-15-9-14(12)16/h1,3,5,7,12,14-15H,2,4,6,8-10H2. The fourth-order valence-electron chi connectivity index (χ4n) is 3.36. The normalized spacial score (nSPS) is 27.2. The molecule has 1 N–H and O–H groups in total. The summed E-state index contributed by atoms with van der Waals surface area (Å²) in [5, 5.41) is 14.3. The number of nitrogens with one attached hydrogen (secondary N) is 1. The number of nitro groups is 1. The quantitative estimate of drug-likeness (QED) is 0.665. The van der Waals surface area contributed by atoms with Gasteiger partial charge in [0.15, 0.2) is 0 Å². The van der Waals surface area contributed by atoms with Gasteiger partial charge in [-0.3, -0.25) is 15.0 Å². The summed E-state index contributed by atoms with van der Waals surface area (Å²) in [6.45, 7) is 4.10. The van der Waals surface area contributed by atoms with E-state index in [-0.39, 0.29) is 10.6 Å². The smallest absolute Gasteiger partial charge is 0.269 e. The first-order valence-electron chi connectivity index (χ1n) is 6.92. The minimum atomic E-state index is -0.320. The van der Waals surface area contributed by atoms with Gasteiger partial charge in [-0.2, -0.15) is 0 Å². The number of likely N-dealkylation sites (tertiary alicyclic amines) is 1. The Morgan fingerprint density at radius 3 is 3.16 bits per heavy atom. The van der Waals surface area contributed by atoms with Crippen LogP contribution in [0.15, 0.2) is 24.3 Å². The molecule has 2 saturated heterocycles. The van der Waals surface area contributed by atoms with Crippen molar-refractivity contribution in [1.82, 2.24) is 10.2 Å². The van der Waals surface area contributed by atoms with E-state index in [4.69, 9.17) is 0 Å². The largest absolute Gasteiger partial charge is 0.315 e. The van der Waals surface area contributed by atoms with Crippen molar-refractivity contribution in [3.05, 3.63) is 39.9 Å². The molecule has 19 heavy (non-hydrogen) atoms. The van der Waals surface area contributed by atoms with E-state index < -0.39 is 0 Å². The molecule has 0 aromatic heterocycles. The van der Waals surface area contributed by atoms with Gasteiger partial charge < -0.3 is 5.32 Å². The van der Waals surface area contributed by atoms with Crippen LogP contribution in [-0.2, 0) is 6.54 Å². The Bertz CT molecular complexity index is 478. The number of rotatable bonds is 3. The van der Waals surface area contributed by atoms with Gasteiger partial charge in [-0.15, -0.1) is 0 Å². The van der Waals surface area contributed by atoms with Crippen molar-refractivity contribution in [2.45, 2.75) is 25.4 Å². The lowest BCUT2D eigenvalue weighted by Gasteiger charge is -2.37. The molecule has 2 aliphatic heterocycles. The van der Waals surface area contributed by atoms with Gasteiger partial charge in [0.2, 0.25) is 0 Å². The van der Waals surface area contributed by atoms with Gasteiger partial charge in [0, 0.05) is 31.3 Å². The lowest BCUT2D eigenvalue weighted by Crippen LogP contribution is -2.44. The van der Waals surface area contributed by atoms with E-state index in [0.717, 1.165) is 37.7 Å². The predicted molar refractivity (Wildman–Crippen MR) is 72.9 cm³/mol. The van der Waals surface area contributed by atoms with Crippen LogP contribution in [0.1, 0.15) is 18.4 Å². The molecule has 2 fully saturated rings. The molecule has 0 saturated carbocycles. The van der Waals surface area contributed by atoms with Crippen molar-refractivity contribution in [3.8, 4) is 0 Å². The first-order chi connectivity index (χ1) is 9.24. The van der Waals surface area contributed by atoms with Crippen LogP contribution in [-0.4, -0.2) is 35.5 Å². The molecule has 5 heteroatoms. The average molecular weight is 261 g/mol. The number of hydrogen-bond acceptors (Lipinski definition) is 4. The molecule has 102 valence electrons. The summed E-state index contributed by atoms with van der Waals surface area (Å²) in [6.07, 6.45) is 2.54. The van der Waals surface area contributed by atoms with Crippen LogP contribution in [0.2, 0.25) is 0 Å². The Hall–Kier alpha value is -1.46. The van der Waals surface area contributed by atoms with E-state index in [1.807, 2.05) is 6.07 Å². The first-order valence-corrected chi connectivity index (χ1v) is 6.92. The van der Waals surface area contributed by atoms with E-state index >= 15 is 0 Å². The highest BCUT2D eigenvalue weighted by Gasteiger charge is 2.34. The lowest BCUT2D eigenvalue weighted by atomic mass is 9.91. The summed E-state index contributed by atoms with van der Waals surface area (Å²) in [5.74, 6) is 0.757. The molecule has 5 nitrogen and oxygen atoms in total. The predicted octanol–water partition coefficient (Wildman–Crippen LogP) is 1.78. The monoisotopic (exact) mass is 261 g/mol. The van der Waals surface area contributed by atoms with Gasteiger partial charge in [-0.1, -0.05) is 12.1 Å². The van der Waals surface area contributed by atoms with Crippen molar-refractivity contribution in [2.75, 3.05) is 19.6 Å². The molecule has 2 atom stereocenters. The zero-order valence-electron chi connectivity index (χ0n) is 10.9. The van der Waals surface area contributed by atoms with Gasteiger partial charge in [0.05, 0.1) is 4.92 Å². The van der Waals surface area contributed by atoms with Crippen LogP contribution in [0, 0.1) is 16.0 Å². The highest BCUT2D eigenvalue weighted by molar-refractivity contribution is 5.34. The van der Waals surface area contributed by atoms with Crippen LogP contribution in [0.4, 0.5) is 5.69 Å². The van der Waals surface area contributed by atoms with Crippen molar-refractivity contribution in [2.24, 2.45) is 5.92 Å². The van der Waals surface area contributed by atoms with E-state index in [1.54, 1.807) is 18.2 Å². The first kappa shape index (κ1) is 12.6. The van der Waals surface area contributed by atoms with Crippen LogP contribution in [0.5, 0.6) is 0 Å². The minimum Gasteiger partial charge on any atom is -0.315 e. The Labute approximate surface area is 112 Å². The average Bonchev–Trinajstić information content (AvgIpc) is 2.88. The summed E-state index contributed by atoms with van der Waals surface area (Å²) >= 11 is 0. The maximum absolute atomic E-state index is 10.8. The molecule has 1 aromatic rings. The Morgan fingerprint density at radius 1 is 1.42 bits per heavy atom. The number of piperidine rings is 1. The molecule has 0 radical (unpaired) electrons. The number of non-ortho nitro benzene ring substituents is 1. The number of nitro benzene ring substituents is 1. The van der Waals surface area contributed by atoms with E-state index in [2.05, 4.69) is 10.2 Å². The number of fused-ring (bicyclic) bond motifs is 1. The molecule has 0 aliphatic carbocycles. The van der Waals surface area contributed by atoms with E-state index in [1.165, 1.54) is 12.8 Å². The highest BCUT2D eigenvalue weighted by Crippen LogP contribution is 2.28. The zero-order chi connectivity index (χ0) is 13.2. The molecule has 2 heterocycles. The third-order valence-electron chi connectivity index (χ3n) is 4.30. The summed E-state index contributed by atoms with van der Waals surface area (Å²) in [4.78, 5) is 13.0. The second-order valence-corrected chi connectivity index (χ2v) is 5.53. The molecule has 1 aromatic carbocycles. The second-order valence-electron chi connectivity index (χ2n) is 5.53. The lowest BCUT2D eigenvalue weighted by molar-refractivity contribution is -0.384. The molecular formula is C14H19N3O2. The van der Waals surface area contributed by atoms with Crippen molar-refractivity contribution < 1.29 is 4.92 Å². The molecular weight excluding hydrogens is 242 g/mol. The van der Waals surface area contributed by atoms with Crippen molar-refractivity contribution in [3.63, 3.8) is 0 Å². The second kappa shape index (κ2) is 5.27. The Morgan fingerprint density at radius 2 is 2.32 bits per heavy atom. The molecule has 3 rings (SSSR count). The highest BCUT2D eigenvalue weighted by atomic mass is 16.6. The van der Waals surface area contributed by atoms with Crippen LogP contribution >= 0.6 is 0 Å². The van der Waals surface area contributed by atoms with Gasteiger partial charge in [-0.05, 0) is 37.4 Å². The SMILES string of the molecule is O=[N+]([O-])c1cccc(CN2CCCC3CNCC32)c1. The molecule has 0 spiro atoms. The van der Waals surface area contributed by atoms with Gasteiger partial charge in [-0.25, -0.2) is 0 Å². The fraction of sp³-hybridized carbons (Fsp3) is 0.571. The fourth-order valence-corrected chi connectivity index (χ4v) is 3.36. The van der Waals surface area contributed by atoms with Crippen LogP contribution < -0.4 is 5.32 Å². The molecule has 0 amide bonds. The maximum atomic E-state index is 10.8. The maximum Gasteiger partial charge on any atom is 0.269 e. The van der Waals surface area contributed by atoms with E-state index in [9.17, 15) is 10.1 Å². The van der Waals surface area contributed by atoms with Crippen molar-refractivity contribution >= 4 is 5.69 Å². The minimum absolute atomic E-state index is 0.190. The van der Waals surface area contributed by atoms with Gasteiger partial charge in [0.1, 0.15) is 0 Å². The van der Waals surface area contributed by atoms with Crippen LogP contribution in [0.3, 0.4) is 0 Å². The third-order valence-corrected chi connectivity index (χ3v) is 4.30. The number of hydrogen-bond donors (Lipinski definition) is 1. The summed E-state index contributed by atoms with van der Waals surface area (Å²) in [5.41, 5.74) is 1.23. The topological polar surface area (TPSA) is 58.4 Å². The Balaban J connectivity index is 1.73. The summed E-state index contributed by atoms with van der Waals surface area (Å²) in [6, 6.07) is 7.62. The molecule has 0 bridgehead atoms. The zero-order valence-corrected chi connectivity index (χ0v) is 10.9. The number of nitrogens with zero attached hydrogens (tertiary/aromatic N) is 2. The van der Waals surface area contributed by atoms with Gasteiger partial charge >= 0.3 is 0 Å². The molecule has 2 aliphatic rings.